The SMILES string of the molecule is CC(O)C(NC(=O)C1CSSC[C@H](NC(=O)C(Cc2ccccc2)NC(=O)CCCC(=O)N[C@]23CNCCNC[C@](N)(CNCCNC2)CNCCNC3)C(=O)NC(Cc2ccc(O)cc2)C(=O)NC(Cc2c[nH]c3ccccc23)C(=O)NC(CCCCN)C(=O)NC(C(C)O)C(=O)N1)C(=O)O. The number of aliphatic carboxylic acids is 1. The van der Waals surface area contributed by atoms with Gasteiger partial charge in [0.15, 0.2) is 6.04 Å². The number of fused-ring (bicyclic) bond motifs is 16. The number of hydrogen-bond acceptors (Lipinski definition) is 23. The molecule has 0 spiro atoms. The van der Waals surface area contributed by atoms with Gasteiger partial charge in [0.2, 0.25) is 53.2 Å². The molecule has 4 aliphatic rings. The van der Waals surface area contributed by atoms with Gasteiger partial charge in [-0.2, -0.15) is 0 Å². The van der Waals surface area contributed by atoms with E-state index in [1.165, 1.54) is 31.2 Å². The molecular weight excluding hydrogens is 1360 g/mol. The Morgan fingerprint density at radius 2 is 1.17 bits per heavy atom. The van der Waals surface area contributed by atoms with Gasteiger partial charge in [0.1, 0.15) is 48.0 Å². The number of aromatic hydroxyl groups is 1. The number of H-pyrrole nitrogens is 1. The van der Waals surface area contributed by atoms with Crippen LogP contribution < -0.4 is 91.2 Å². The van der Waals surface area contributed by atoms with Gasteiger partial charge in [-0.1, -0.05) is 82.3 Å². The smallest absolute Gasteiger partial charge is 0.328 e. The van der Waals surface area contributed by atoms with Gasteiger partial charge >= 0.3 is 5.97 Å². The number of rotatable bonds is 23. The number of carboxylic acids is 1. The van der Waals surface area contributed by atoms with Crippen LogP contribution in [0.3, 0.4) is 0 Å². The van der Waals surface area contributed by atoms with E-state index in [-0.39, 0.29) is 75.3 Å². The average molecular weight is 1460 g/mol. The molecule has 10 atom stereocenters. The quantitative estimate of drug-likeness (QED) is 0.0246. The third kappa shape index (κ3) is 26.4. The molecule has 560 valence electrons. The predicted octanol–water partition coefficient (Wildman–Crippen LogP) is -4.56. The first-order chi connectivity index (χ1) is 48.9. The summed E-state index contributed by atoms with van der Waals surface area (Å²) >= 11 is 0. The van der Waals surface area contributed by atoms with Crippen LogP contribution in [-0.2, 0) is 67.2 Å². The molecule has 5 heterocycles. The number of carbonyl (C=O) groups is 10. The van der Waals surface area contributed by atoms with Crippen LogP contribution in [0.2, 0.25) is 0 Å². The monoisotopic (exact) mass is 1460 g/mol. The van der Waals surface area contributed by atoms with Crippen LogP contribution in [-0.4, -0.2) is 253 Å². The first-order valence-electron chi connectivity index (χ1n) is 34.6. The van der Waals surface area contributed by atoms with Crippen LogP contribution in [0.4, 0.5) is 0 Å². The number of unbranched alkanes of at least 4 members (excludes halogenated alkanes) is 1. The van der Waals surface area contributed by atoms with E-state index in [1.54, 1.807) is 54.7 Å². The molecule has 0 radical (unpaired) electrons. The van der Waals surface area contributed by atoms with Crippen LogP contribution in [0.1, 0.15) is 69.1 Å². The number of hydrogen-bond donors (Lipinski definition) is 22. The zero-order chi connectivity index (χ0) is 73.6. The van der Waals surface area contributed by atoms with Gasteiger partial charge in [0.05, 0.1) is 23.3 Å². The molecule has 1 aromatic heterocycles. The number of aliphatic hydroxyl groups excluding tert-OH is 2. The molecule has 8 rings (SSSR count). The first-order valence-corrected chi connectivity index (χ1v) is 37.1. The van der Waals surface area contributed by atoms with Crippen molar-refractivity contribution in [3.63, 3.8) is 0 Å². The molecule has 9 amide bonds. The number of aromatic nitrogens is 1. The minimum atomic E-state index is -1.88. The predicted molar refractivity (Wildman–Crippen MR) is 387 cm³/mol. The molecule has 102 heavy (non-hydrogen) atoms. The van der Waals surface area contributed by atoms with Crippen LogP contribution in [0.25, 0.3) is 10.9 Å². The van der Waals surface area contributed by atoms with E-state index < -0.39 is 131 Å². The largest absolute Gasteiger partial charge is 0.508 e. The third-order valence-corrected chi connectivity index (χ3v) is 20.1. The fraction of sp³-hybridized carbons (Fsp3) is 0.559. The van der Waals surface area contributed by atoms with E-state index in [0.29, 0.717) is 113 Å². The Labute approximate surface area is 600 Å². The van der Waals surface area contributed by atoms with Gasteiger partial charge in [-0.15, -0.1) is 0 Å². The highest BCUT2D eigenvalue weighted by Crippen LogP contribution is 2.25. The fourth-order valence-electron chi connectivity index (χ4n) is 11.9. The molecule has 3 aromatic carbocycles. The van der Waals surface area contributed by atoms with Crippen molar-refractivity contribution in [2.45, 2.75) is 143 Å². The molecule has 34 heteroatoms. The van der Waals surface area contributed by atoms with E-state index in [1.807, 2.05) is 6.07 Å². The number of para-hydroxylation sites is 1. The zero-order valence-corrected chi connectivity index (χ0v) is 59.3. The number of benzene rings is 3. The van der Waals surface area contributed by atoms with Crippen LogP contribution >= 0.6 is 21.6 Å². The number of amides is 9. The summed E-state index contributed by atoms with van der Waals surface area (Å²) in [5, 5.41) is 87.6. The Hall–Kier alpha value is -8.00. The van der Waals surface area contributed by atoms with Crippen molar-refractivity contribution in [2.24, 2.45) is 11.5 Å². The summed E-state index contributed by atoms with van der Waals surface area (Å²) in [4.78, 5) is 147. The number of carbonyl (C=O) groups excluding carboxylic acids is 9. The lowest BCUT2D eigenvalue weighted by molar-refractivity contribution is -0.145. The number of aromatic amines is 1. The van der Waals surface area contributed by atoms with Crippen molar-refractivity contribution in [1.29, 1.82) is 0 Å². The average Bonchev–Trinajstić information content (AvgIpc) is 1.59. The summed E-state index contributed by atoms with van der Waals surface area (Å²) in [7, 11) is 1.76. The Morgan fingerprint density at radius 1 is 0.608 bits per heavy atom. The van der Waals surface area contributed by atoms with Crippen LogP contribution in [0.5, 0.6) is 5.75 Å². The van der Waals surface area contributed by atoms with E-state index in [2.05, 4.69) is 84.7 Å². The van der Waals surface area contributed by atoms with Gasteiger partial charge in [-0.3, -0.25) is 43.2 Å². The lowest BCUT2D eigenvalue weighted by Gasteiger charge is -2.37. The second kappa shape index (κ2) is 41.3. The third-order valence-electron chi connectivity index (χ3n) is 17.7. The van der Waals surface area contributed by atoms with Crippen molar-refractivity contribution < 1.29 is 68.4 Å². The minimum Gasteiger partial charge on any atom is -0.508 e. The summed E-state index contributed by atoms with van der Waals surface area (Å²) < 4.78 is 0. The van der Waals surface area contributed by atoms with Gasteiger partial charge in [0.25, 0.3) is 0 Å². The normalized spacial score (nSPS) is 25.0. The van der Waals surface area contributed by atoms with Gasteiger partial charge < -0.3 is 117 Å². The topological polar surface area (TPSA) is 500 Å². The van der Waals surface area contributed by atoms with Crippen molar-refractivity contribution in [3.8, 4) is 5.75 Å². The molecular formula is C68H102N18O14S2. The minimum absolute atomic E-state index is 0.0568. The first kappa shape index (κ1) is 81.3. The Balaban J connectivity index is 1.19. The number of phenols is 1. The number of aliphatic hydroxyl groups is 2. The highest BCUT2D eigenvalue weighted by molar-refractivity contribution is 8.76. The van der Waals surface area contributed by atoms with E-state index in [4.69, 9.17) is 11.5 Å². The van der Waals surface area contributed by atoms with Crippen LogP contribution in [0, 0.1) is 0 Å². The van der Waals surface area contributed by atoms with Crippen molar-refractivity contribution in [3.05, 3.63) is 102 Å². The summed E-state index contributed by atoms with van der Waals surface area (Å²) in [5.41, 5.74) is 13.7. The zero-order valence-electron chi connectivity index (χ0n) is 57.7. The number of phenolic OH excluding ortho intramolecular Hbond substituents is 1. The lowest BCUT2D eigenvalue weighted by atomic mass is 9.97. The molecule has 0 aliphatic carbocycles. The lowest BCUT2D eigenvalue weighted by Crippen LogP contribution is -2.67. The number of carboxylic acid groups (broad SMARTS) is 1. The highest BCUT2D eigenvalue weighted by Gasteiger charge is 2.39. The Kier molecular flexibility index (Phi) is 32.9. The molecule has 0 saturated carbocycles. The van der Waals surface area contributed by atoms with Gasteiger partial charge in [-0.25, -0.2) is 4.79 Å². The Bertz CT molecular complexity index is 3370. The second-order valence-corrected chi connectivity index (χ2v) is 28.9. The molecule has 2 bridgehead atoms. The van der Waals surface area contributed by atoms with Gasteiger partial charge in [-0.05, 0) is 81.0 Å². The maximum absolute atomic E-state index is 15.3. The molecule has 4 aliphatic heterocycles. The maximum atomic E-state index is 15.3. The fourth-order valence-corrected chi connectivity index (χ4v) is 14.3. The van der Waals surface area contributed by atoms with Crippen molar-refractivity contribution in [1.82, 2.24) is 84.7 Å². The van der Waals surface area contributed by atoms with E-state index in [0.717, 1.165) is 28.5 Å². The number of nitrogens with one attached hydrogen (secondary N) is 16. The summed E-state index contributed by atoms with van der Waals surface area (Å²) in [6.45, 7) is 9.23. The highest BCUT2D eigenvalue weighted by atomic mass is 33.1. The van der Waals surface area contributed by atoms with Crippen molar-refractivity contribution in [2.75, 3.05) is 96.6 Å². The van der Waals surface area contributed by atoms with E-state index in [9.17, 15) is 54.0 Å². The van der Waals surface area contributed by atoms with E-state index >= 15 is 14.4 Å². The molecule has 9 unspecified atom stereocenters. The Morgan fingerprint density at radius 3 is 1.77 bits per heavy atom. The summed E-state index contributed by atoms with van der Waals surface area (Å²) in [6.07, 6.45) is -1.76. The summed E-state index contributed by atoms with van der Waals surface area (Å²) in [5.74, 6) is -10.2. The number of nitrogens with two attached hydrogens (primary N) is 2. The standard InChI is InChI=1S/C68H102N18O14S2/c1-41(87)57-65(98)83-54(64(97)85-58(42(2)88)66(99)100)34-102-101-33-53(63(96)80-51(30-44-18-20-46(89)21-19-44)61(94)81-52(31-45-32-77-48-14-7-6-13-47(45)48)62(95)79-49(59(92)84-57)15-8-9-22-69)82-60(93)50(29-43-11-4-3-5-12-43)78-55(90)16-10-17-56(91)86-68-38-74-26-23-71-35-67(70,36-72-24-27-75-39-68)37-73-25-28-76-40-68/h3-7,11-14,18-21,32,41-42,49-54,57-58,71-77,87-89H,8-10,15-17,22-31,33-40,69-70H2,1-2H3,(H,78,90)(H,79,95)(H,80,96)(H,81,94)(H,82,93)(H,83,98)(H,84,92)(H,85,97)(H,86,91)(H,99,100)/t41?,42?,49?,50?,51?,52?,53-,54?,57?,58?,67-,68+/m0/s1. The van der Waals surface area contributed by atoms with Crippen LogP contribution in [0.15, 0.2) is 85.1 Å². The maximum Gasteiger partial charge on any atom is 0.328 e. The summed E-state index contributed by atoms with van der Waals surface area (Å²) in [6, 6.07) is 8.87. The second-order valence-electron chi connectivity index (χ2n) is 26.3. The van der Waals surface area contributed by atoms with Gasteiger partial charge in [0, 0.05) is 139 Å². The molecule has 24 N–H and O–H groups in total. The van der Waals surface area contributed by atoms with Crippen molar-refractivity contribution >= 4 is 91.6 Å². The molecule has 4 saturated heterocycles. The molecule has 4 fully saturated rings. The molecule has 32 nitrogen and oxygen atoms in total. The molecule has 4 aromatic rings.